The van der Waals surface area contributed by atoms with Gasteiger partial charge in [0.1, 0.15) is 0 Å². The van der Waals surface area contributed by atoms with Crippen LogP contribution in [-0.2, 0) is 14.8 Å². The summed E-state index contributed by atoms with van der Waals surface area (Å²) in [4.78, 5) is 12.2. The van der Waals surface area contributed by atoms with Crippen molar-refractivity contribution >= 4 is 21.6 Å². The number of nitrogens with one attached hydrogen (secondary N) is 3. The fourth-order valence-corrected chi connectivity index (χ4v) is 3.59. The number of carbonyl (C=O) groups excluding carboxylic acids is 1. The molecular formula is C15H21N3O3S. The number of sulfonamides is 1. The zero-order valence-electron chi connectivity index (χ0n) is 12.3. The maximum atomic E-state index is 12.1. The van der Waals surface area contributed by atoms with E-state index in [1.807, 2.05) is 0 Å². The molecule has 1 heterocycles. The second-order valence-corrected chi connectivity index (χ2v) is 7.77. The highest BCUT2D eigenvalue weighted by molar-refractivity contribution is 7.89. The zero-order chi connectivity index (χ0) is 15.6. The first kappa shape index (κ1) is 15.5. The molecule has 1 amide bonds. The van der Waals surface area contributed by atoms with E-state index in [2.05, 4.69) is 15.4 Å². The Labute approximate surface area is 130 Å². The second kappa shape index (κ2) is 6.36. The summed E-state index contributed by atoms with van der Waals surface area (Å²) in [5.74, 6) is 0.462. The Morgan fingerprint density at radius 2 is 1.91 bits per heavy atom. The highest BCUT2D eigenvalue weighted by Crippen LogP contribution is 2.28. The van der Waals surface area contributed by atoms with Gasteiger partial charge in [-0.1, -0.05) is 0 Å². The van der Waals surface area contributed by atoms with Crippen LogP contribution in [-0.4, -0.2) is 34.0 Å². The minimum Gasteiger partial charge on any atom is -0.326 e. The predicted octanol–water partition coefficient (Wildman–Crippen LogP) is 0.923. The van der Waals surface area contributed by atoms with Gasteiger partial charge >= 0.3 is 0 Å². The summed E-state index contributed by atoms with van der Waals surface area (Å²) in [5.41, 5.74) is 0.623. The molecule has 0 aromatic heterocycles. The van der Waals surface area contributed by atoms with Crippen LogP contribution in [0.4, 0.5) is 5.69 Å². The molecule has 1 saturated heterocycles. The van der Waals surface area contributed by atoms with Gasteiger partial charge in [0, 0.05) is 18.8 Å². The summed E-state index contributed by atoms with van der Waals surface area (Å²) in [6, 6.07) is 6.31. The highest BCUT2D eigenvalue weighted by Gasteiger charge is 2.25. The molecule has 0 spiro atoms. The molecule has 6 nitrogen and oxygen atoms in total. The Kier molecular flexibility index (Phi) is 4.46. The molecule has 22 heavy (non-hydrogen) atoms. The number of hydrogen-bond donors (Lipinski definition) is 3. The molecule has 1 unspecified atom stereocenters. The van der Waals surface area contributed by atoms with Gasteiger partial charge in [0.05, 0.1) is 10.8 Å². The standard InChI is InChI=1S/C15H21N3O3S/c19-15(12-7-8-16-10-12)18-13-3-5-14(6-4-13)22(20,21)17-9-11-1-2-11/h3-6,11-12,16-17H,1-2,7-10H2,(H,18,19). The van der Waals surface area contributed by atoms with Crippen molar-refractivity contribution in [3.63, 3.8) is 0 Å². The van der Waals surface area contributed by atoms with Crippen LogP contribution in [0.3, 0.4) is 0 Å². The molecule has 7 heteroatoms. The van der Waals surface area contributed by atoms with Crippen LogP contribution < -0.4 is 15.4 Å². The normalized spacial score (nSPS) is 21.7. The third-order valence-corrected chi connectivity index (χ3v) is 5.56. The summed E-state index contributed by atoms with van der Waals surface area (Å²) in [6.07, 6.45) is 3.04. The van der Waals surface area contributed by atoms with Crippen LogP contribution in [0.2, 0.25) is 0 Å². The first-order valence-corrected chi connectivity index (χ1v) is 9.14. The Morgan fingerprint density at radius 3 is 2.50 bits per heavy atom. The monoisotopic (exact) mass is 323 g/mol. The number of amides is 1. The molecule has 2 aliphatic rings. The van der Waals surface area contributed by atoms with Crippen molar-refractivity contribution in [3.05, 3.63) is 24.3 Å². The summed E-state index contributed by atoms with van der Waals surface area (Å²) in [7, 11) is -3.45. The van der Waals surface area contributed by atoms with Crippen molar-refractivity contribution in [1.29, 1.82) is 0 Å². The maximum Gasteiger partial charge on any atom is 0.240 e. The second-order valence-electron chi connectivity index (χ2n) is 6.00. The fourth-order valence-electron chi connectivity index (χ4n) is 2.47. The number of carbonyl (C=O) groups is 1. The van der Waals surface area contributed by atoms with E-state index in [1.54, 1.807) is 12.1 Å². The Hall–Kier alpha value is -1.44. The van der Waals surface area contributed by atoms with Gasteiger partial charge in [-0.2, -0.15) is 0 Å². The Balaban J connectivity index is 1.60. The average Bonchev–Trinajstić information content (AvgIpc) is 3.17. The quantitative estimate of drug-likeness (QED) is 0.726. The molecule has 120 valence electrons. The number of hydrogen-bond acceptors (Lipinski definition) is 4. The van der Waals surface area contributed by atoms with Crippen LogP contribution in [0.5, 0.6) is 0 Å². The summed E-state index contributed by atoms with van der Waals surface area (Å²) in [6.45, 7) is 2.07. The van der Waals surface area contributed by atoms with Crippen molar-refractivity contribution in [2.24, 2.45) is 11.8 Å². The zero-order valence-corrected chi connectivity index (χ0v) is 13.2. The van der Waals surface area contributed by atoms with Crippen molar-refractivity contribution in [1.82, 2.24) is 10.0 Å². The SMILES string of the molecule is O=C(Nc1ccc(S(=O)(=O)NCC2CC2)cc1)C1CCNC1. The lowest BCUT2D eigenvalue weighted by atomic mass is 10.1. The minimum atomic E-state index is -3.45. The summed E-state index contributed by atoms with van der Waals surface area (Å²) >= 11 is 0. The number of benzene rings is 1. The molecule has 0 radical (unpaired) electrons. The Morgan fingerprint density at radius 1 is 1.18 bits per heavy atom. The lowest BCUT2D eigenvalue weighted by molar-refractivity contribution is -0.119. The molecule has 1 atom stereocenters. The first-order valence-electron chi connectivity index (χ1n) is 7.66. The third kappa shape index (κ3) is 3.85. The predicted molar refractivity (Wildman–Crippen MR) is 84.0 cm³/mol. The van der Waals surface area contributed by atoms with Crippen LogP contribution in [0, 0.1) is 11.8 Å². The van der Waals surface area contributed by atoms with E-state index in [0.717, 1.165) is 25.8 Å². The van der Waals surface area contributed by atoms with Crippen LogP contribution in [0.15, 0.2) is 29.2 Å². The molecular weight excluding hydrogens is 302 g/mol. The largest absolute Gasteiger partial charge is 0.326 e. The van der Waals surface area contributed by atoms with Crippen molar-refractivity contribution in [2.75, 3.05) is 25.0 Å². The molecule has 1 saturated carbocycles. The molecule has 3 N–H and O–H groups in total. The average molecular weight is 323 g/mol. The number of rotatable bonds is 6. The van der Waals surface area contributed by atoms with Crippen molar-refractivity contribution < 1.29 is 13.2 Å². The molecule has 0 bridgehead atoms. The first-order chi connectivity index (χ1) is 10.5. The molecule has 1 aromatic rings. The summed E-state index contributed by atoms with van der Waals surface area (Å²) in [5, 5.41) is 5.98. The van der Waals surface area contributed by atoms with Gasteiger partial charge in [0.25, 0.3) is 0 Å². The number of anilines is 1. The highest BCUT2D eigenvalue weighted by atomic mass is 32.2. The maximum absolute atomic E-state index is 12.1. The van der Waals surface area contributed by atoms with Crippen LogP contribution in [0.1, 0.15) is 19.3 Å². The molecule has 2 fully saturated rings. The third-order valence-electron chi connectivity index (χ3n) is 4.12. The Bertz CT molecular complexity index is 633. The van der Waals surface area contributed by atoms with Gasteiger partial charge in [-0.15, -0.1) is 0 Å². The van der Waals surface area contributed by atoms with Gasteiger partial charge in [-0.3, -0.25) is 4.79 Å². The molecule has 1 aliphatic carbocycles. The van der Waals surface area contributed by atoms with Crippen molar-refractivity contribution in [2.45, 2.75) is 24.2 Å². The van der Waals surface area contributed by atoms with Gasteiger partial charge in [0.15, 0.2) is 0 Å². The van der Waals surface area contributed by atoms with E-state index < -0.39 is 10.0 Å². The topological polar surface area (TPSA) is 87.3 Å². The lowest BCUT2D eigenvalue weighted by Gasteiger charge is -2.11. The van der Waals surface area contributed by atoms with Gasteiger partial charge in [-0.25, -0.2) is 13.1 Å². The van der Waals surface area contributed by atoms with E-state index in [1.165, 1.54) is 12.1 Å². The van der Waals surface area contributed by atoms with E-state index in [-0.39, 0.29) is 16.7 Å². The van der Waals surface area contributed by atoms with Crippen LogP contribution in [0.25, 0.3) is 0 Å². The smallest absolute Gasteiger partial charge is 0.240 e. The van der Waals surface area contributed by atoms with E-state index in [9.17, 15) is 13.2 Å². The van der Waals surface area contributed by atoms with Gasteiger partial charge < -0.3 is 10.6 Å². The van der Waals surface area contributed by atoms with Gasteiger partial charge in [0.2, 0.25) is 15.9 Å². The lowest BCUT2D eigenvalue weighted by Crippen LogP contribution is -2.26. The minimum absolute atomic E-state index is 0.0105. The molecule has 1 aromatic carbocycles. The summed E-state index contributed by atoms with van der Waals surface area (Å²) < 4.78 is 26.8. The molecule has 1 aliphatic heterocycles. The van der Waals surface area contributed by atoms with Gasteiger partial charge in [-0.05, 0) is 56.0 Å². The van der Waals surface area contributed by atoms with E-state index >= 15 is 0 Å². The fraction of sp³-hybridized carbons (Fsp3) is 0.533. The van der Waals surface area contributed by atoms with E-state index in [0.29, 0.717) is 24.7 Å². The molecule has 3 rings (SSSR count). The van der Waals surface area contributed by atoms with Crippen LogP contribution >= 0.6 is 0 Å². The van der Waals surface area contributed by atoms with E-state index in [4.69, 9.17) is 0 Å². The van der Waals surface area contributed by atoms with Crippen molar-refractivity contribution in [3.8, 4) is 0 Å².